The topological polar surface area (TPSA) is 78.4 Å². The molecule has 3 aromatic carbocycles. The zero-order valence-corrected chi connectivity index (χ0v) is 21.7. The first-order valence-corrected chi connectivity index (χ1v) is 12.3. The predicted octanol–water partition coefficient (Wildman–Crippen LogP) is 5.43. The van der Waals surface area contributed by atoms with E-state index in [-0.39, 0.29) is 22.9 Å². The third-order valence-electron chi connectivity index (χ3n) is 5.68. The third-order valence-corrected chi connectivity index (χ3v) is 5.68. The number of aliphatic hydroxyl groups excluding tert-OH is 1. The maximum atomic E-state index is 13.2. The first-order chi connectivity index (χ1) is 16.3. The van der Waals surface area contributed by atoms with Gasteiger partial charge in [-0.05, 0) is 88.8 Å². The summed E-state index contributed by atoms with van der Waals surface area (Å²) < 4.78 is 0. The molecule has 0 radical (unpaired) electrons. The smallest absolute Gasteiger partial charge is 0.252 e. The monoisotopic (exact) mass is 474 g/mol. The van der Waals surface area contributed by atoms with Crippen molar-refractivity contribution < 1.29 is 14.7 Å². The van der Waals surface area contributed by atoms with Crippen LogP contribution in [0.25, 0.3) is 10.8 Å². The molecule has 0 bridgehead atoms. The van der Waals surface area contributed by atoms with Gasteiger partial charge in [-0.2, -0.15) is 0 Å². The molecule has 1 unspecified atom stereocenters. The van der Waals surface area contributed by atoms with Gasteiger partial charge in [-0.3, -0.25) is 9.59 Å². The van der Waals surface area contributed by atoms with E-state index in [9.17, 15) is 14.7 Å². The Morgan fingerprint density at radius 1 is 0.771 bits per heavy atom. The van der Waals surface area contributed by atoms with Crippen LogP contribution in [-0.2, 0) is 12.8 Å². The van der Waals surface area contributed by atoms with Crippen LogP contribution < -0.4 is 10.6 Å². The summed E-state index contributed by atoms with van der Waals surface area (Å²) in [5.41, 5.74) is 2.26. The highest BCUT2D eigenvalue weighted by Gasteiger charge is 2.22. The van der Waals surface area contributed by atoms with E-state index in [1.165, 1.54) is 0 Å². The summed E-state index contributed by atoms with van der Waals surface area (Å²) in [6.07, 6.45) is 0.743. The second-order valence-electron chi connectivity index (χ2n) is 11.3. The maximum absolute atomic E-state index is 13.2. The molecule has 5 heteroatoms. The van der Waals surface area contributed by atoms with Crippen molar-refractivity contribution >= 4 is 22.6 Å². The van der Waals surface area contributed by atoms with Crippen molar-refractivity contribution in [3.05, 3.63) is 82.9 Å². The van der Waals surface area contributed by atoms with Crippen LogP contribution in [0.1, 0.15) is 79.8 Å². The van der Waals surface area contributed by atoms with Gasteiger partial charge in [0.2, 0.25) is 0 Å². The van der Waals surface area contributed by atoms with Gasteiger partial charge in [-0.15, -0.1) is 0 Å². The molecule has 3 rings (SSSR count). The zero-order valence-electron chi connectivity index (χ0n) is 21.7. The van der Waals surface area contributed by atoms with E-state index in [0.29, 0.717) is 30.4 Å². The standard InChI is InChI=1S/C30H38N2O3/c1-29(2,3)31-27(34)25-14-10-8-12-22(25)19-23(33)18-17-21-16-15-20-11-7-9-13-24(20)26(21)28(35)32-30(4,5)6/h7-16,23,33H,17-19H2,1-6H3,(H,31,34)(H,32,35). The molecule has 186 valence electrons. The first-order valence-electron chi connectivity index (χ1n) is 12.3. The van der Waals surface area contributed by atoms with Crippen LogP contribution in [0.3, 0.4) is 0 Å². The van der Waals surface area contributed by atoms with Crippen molar-refractivity contribution in [2.75, 3.05) is 0 Å². The molecule has 35 heavy (non-hydrogen) atoms. The van der Waals surface area contributed by atoms with Crippen molar-refractivity contribution in [2.45, 2.75) is 78.0 Å². The van der Waals surface area contributed by atoms with E-state index in [0.717, 1.165) is 21.9 Å². The zero-order chi connectivity index (χ0) is 25.8. The molecule has 1 atom stereocenters. The van der Waals surface area contributed by atoms with E-state index in [4.69, 9.17) is 0 Å². The van der Waals surface area contributed by atoms with Crippen LogP contribution in [0.5, 0.6) is 0 Å². The number of nitrogens with one attached hydrogen (secondary N) is 2. The minimum atomic E-state index is -0.649. The van der Waals surface area contributed by atoms with Gasteiger partial charge in [0, 0.05) is 16.6 Å². The Hall–Kier alpha value is -3.18. The fourth-order valence-corrected chi connectivity index (χ4v) is 4.20. The lowest BCUT2D eigenvalue weighted by atomic mass is 9.92. The molecule has 0 aliphatic carbocycles. The van der Waals surface area contributed by atoms with Crippen molar-refractivity contribution in [3.63, 3.8) is 0 Å². The minimum Gasteiger partial charge on any atom is -0.393 e. The van der Waals surface area contributed by atoms with Crippen molar-refractivity contribution in [3.8, 4) is 0 Å². The first kappa shape index (κ1) is 26.4. The summed E-state index contributed by atoms with van der Waals surface area (Å²) in [6, 6.07) is 19.3. The van der Waals surface area contributed by atoms with E-state index in [1.54, 1.807) is 6.07 Å². The molecule has 0 aromatic heterocycles. The molecule has 0 heterocycles. The number of aliphatic hydroxyl groups is 1. The number of benzene rings is 3. The Balaban J connectivity index is 1.80. The lowest BCUT2D eigenvalue weighted by Gasteiger charge is -2.23. The summed E-state index contributed by atoms with van der Waals surface area (Å²) in [5.74, 6) is -0.251. The molecular weight excluding hydrogens is 436 g/mol. The Bertz CT molecular complexity index is 1200. The quantitative estimate of drug-likeness (QED) is 0.427. The van der Waals surface area contributed by atoms with Crippen LogP contribution in [-0.4, -0.2) is 34.1 Å². The summed E-state index contributed by atoms with van der Waals surface area (Å²) in [6.45, 7) is 11.7. The molecule has 0 saturated carbocycles. The number of carbonyl (C=O) groups is 2. The van der Waals surface area contributed by atoms with Crippen LogP contribution in [0, 0.1) is 0 Å². The molecule has 5 nitrogen and oxygen atoms in total. The van der Waals surface area contributed by atoms with Gasteiger partial charge < -0.3 is 15.7 Å². The van der Waals surface area contributed by atoms with Gasteiger partial charge in [-0.1, -0.05) is 54.6 Å². The van der Waals surface area contributed by atoms with E-state index in [1.807, 2.05) is 96.1 Å². The molecule has 2 amide bonds. The van der Waals surface area contributed by atoms with E-state index >= 15 is 0 Å². The van der Waals surface area contributed by atoms with E-state index < -0.39 is 6.10 Å². The fourth-order valence-electron chi connectivity index (χ4n) is 4.20. The Morgan fingerprint density at radius 2 is 1.37 bits per heavy atom. The van der Waals surface area contributed by atoms with Gasteiger partial charge >= 0.3 is 0 Å². The summed E-state index contributed by atoms with van der Waals surface area (Å²) >= 11 is 0. The SMILES string of the molecule is CC(C)(C)NC(=O)c1ccccc1CC(O)CCc1ccc2ccccc2c1C(=O)NC(C)(C)C. The van der Waals surface area contributed by atoms with Crippen LogP contribution in [0.4, 0.5) is 0 Å². The van der Waals surface area contributed by atoms with E-state index in [2.05, 4.69) is 10.6 Å². The van der Waals surface area contributed by atoms with Gasteiger partial charge in [-0.25, -0.2) is 0 Å². The molecule has 0 spiro atoms. The van der Waals surface area contributed by atoms with Crippen LogP contribution >= 0.6 is 0 Å². The Labute approximate surface area is 208 Å². The Kier molecular flexibility index (Phi) is 8.01. The second kappa shape index (κ2) is 10.6. The molecule has 0 aliphatic rings. The average Bonchev–Trinajstić information content (AvgIpc) is 2.75. The minimum absolute atomic E-state index is 0.108. The van der Waals surface area contributed by atoms with Gasteiger partial charge in [0.1, 0.15) is 0 Å². The largest absolute Gasteiger partial charge is 0.393 e. The summed E-state index contributed by atoms with van der Waals surface area (Å²) in [4.78, 5) is 26.0. The highest BCUT2D eigenvalue weighted by atomic mass is 16.3. The number of fused-ring (bicyclic) bond motifs is 1. The van der Waals surface area contributed by atoms with Crippen molar-refractivity contribution in [2.24, 2.45) is 0 Å². The molecular formula is C30H38N2O3. The fraction of sp³-hybridized carbons (Fsp3) is 0.400. The molecule has 3 N–H and O–H groups in total. The predicted molar refractivity (Wildman–Crippen MR) is 143 cm³/mol. The van der Waals surface area contributed by atoms with Gasteiger partial charge in [0.05, 0.1) is 11.7 Å². The number of rotatable bonds is 7. The number of hydrogen-bond donors (Lipinski definition) is 3. The molecule has 0 aliphatic heterocycles. The summed E-state index contributed by atoms with van der Waals surface area (Å²) in [7, 11) is 0. The molecule has 0 fully saturated rings. The lowest BCUT2D eigenvalue weighted by molar-refractivity contribution is 0.0908. The normalized spacial score (nSPS) is 12.9. The highest BCUT2D eigenvalue weighted by molar-refractivity contribution is 6.08. The number of hydrogen-bond acceptors (Lipinski definition) is 3. The number of amides is 2. The van der Waals surface area contributed by atoms with Gasteiger partial charge in [0.15, 0.2) is 0 Å². The molecule has 0 saturated heterocycles. The average molecular weight is 475 g/mol. The highest BCUT2D eigenvalue weighted by Crippen LogP contribution is 2.25. The summed E-state index contributed by atoms with van der Waals surface area (Å²) in [5, 5.41) is 18.9. The lowest BCUT2D eigenvalue weighted by Crippen LogP contribution is -2.41. The maximum Gasteiger partial charge on any atom is 0.252 e. The third kappa shape index (κ3) is 7.40. The number of carbonyl (C=O) groups excluding carboxylic acids is 2. The second-order valence-corrected chi connectivity index (χ2v) is 11.3. The van der Waals surface area contributed by atoms with Crippen LogP contribution in [0.2, 0.25) is 0 Å². The van der Waals surface area contributed by atoms with Crippen LogP contribution in [0.15, 0.2) is 60.7 Å². The Morgan fingerprint density at radius 3 is 2.06 bits per heavy atom. The molecule has 3 aromatic rings. The number of aryl methyl sites for hydroxylation is 1. The van der Waals surface area contributed by atoms with Crippen molar-refractivity contribution in [1.82, 2.24) is 10.6 Å². The van der Waals surface area contributed by atoms with Crippen molar-refractivity contribution in [1.29, 1.82) is 0 Å². The van der Waals surface area contributed by atoms with Gasteiger partial charge in [0.25, 0.3) is 11.8 Å².